The van der Waals surface area contributed by atoms with Gasteiger partial charge in [0.1, 0.15) is 18.0 Å². The van der Waals surface area contributed by atoms with Crippen LogP contribution in [0.5, 0.6) is 23.0 Å². The average molecular weight is 584 g/mol. The van der Waals surface area contributed by atoms with E-state index in [1.165, 1.54) is 12.0 Å². The zero-order valence-electron chi connectivity index (χ0n) is 24.8. The van der Waals surface area contributed by atoms with Crippen molar-refractivity contribution in [2.75, 3.05) is 53.4 Å². The third-order valence-corrected chi connectivity index (χ3v) is 7.64. The zero-order valence-corrected chi connectivity index (χ0v) is 25.6. The van der Waals surface area contributed by atoms with Gasteiger partial charge in [0.15, 0.2) is 11.5 Å². The molecule has 0 unspecified atom stereocenters. The molecular weight excluding hydrogens is 542 g/mol. The Morgan fingerprint density at radius 2 is 1.59 bits per heavy atom. The Labute approximate surface area is 247 Å². The van der Waals surface area contributed by atoms with Crippen LogP contribution in [-0.2, 0) is 17.8 Å². The summed E-state index contributed by atoms with van der Waals surface area (Å²) in [5, 5.41) is 2.91. The quantitative estimate of drug-likeness (QED) is 0.236. The number of aryl methyl sites for hydroxylation is 1. The van der Waals surface area contributed by atoms with Gasteiger partial charge in [0.25, 0.3) is 0 Å². The van der Waals surface area contributed by atoms with Crippen LogP contribution in [0, 0.1) is 6.92 Å². The molecule has 3 amide bonds. The molecule has 1 aromatic heterocycles. The number of hydrogen-bond donors (Lipinski definition) is 1. The molecule has 3 rings (SSSR count). The average Bonchev–Trinajstić information content (AvgIpc) is 3.41. The molecular formula is C31H41N3O6S. The number of carbonyl (C=O) groups excluding carboxylic acids is 2. The summed E-state index contributed by atoms with van der Waals surface area (Å²) in [4.78, 5) is 32.8. The molecule has 0 aliphatic heterocycles. The van der Waals surface area contributed by atoms with Crippen LogP contribution in [0.2, 0.25) is 0 Å². The van der Waals surface area contributed by atoms with Gasteiger partial charge in [-0.05, 0) is 61.7 Å². The number of amides is 3. The molecule has 0 fully saturated rings. The summed E-state index contributed by atoms with van der Waals surface area (Å²) in [5.74, 6) is 2.28. The van der Waals surface area contributed by atoms with E-state index in [1.807, 2.05) is 36.1 Å². The lowest BCUT2D eigenvalue weighted by Crippen LogP contribution is -2.45. The molecule has 0 saturated heterocycles. The van der Waals surface area contributed by atoms with Crippen molar-refractivity contribution in [3.05, 3.63) is 63.8 Å². The van der Waals surface area contributed by atoms with Crippen molar-refractivity contribution in [2.45, 2.75) is 39.7 Å². The monoisotopic (exact) mass is 583 g/mol. The van der Waals surface area contributed by atoms with Crippen LogP contribution in [0.25, 0.3) is 0 Å². The molecule has 0 spiro atoms. The Hall–Kier alpha value is -3.92. The van der Waals surface area contributed by atoms with Gasteiger partial charge >= 0.3 is 6.03 Å². The minimum absolute atomic E-state index is 0.0411. The van der Waals surface area contributed by atoms with Crippen LogP contribution in [0.3, 0.4) is 0 Å². The molecule has 0 saturated carbocycles. The number of benzene rings is 2. The first-order valence-corrected chi connectivity index (χ1v) is 14.4. The van der Waals surface area contributed by atoms with E-state index >= 15 is 0 Å². The Balaban J connectivity index is 1.78. The second-order valence-corrected chi connectivity index (χ2v) is 10.9. The van der Waals surface area contributed by atoms with Crippen LogP contribution in [0.4, 0.5) is 10.5 Å². The molecule has 41 heavy (non-hydrogen) atoms. The van der Waals surface area contributed by atoms with E-state index in [1.54, 1.807) is 55.8 Å². The predicted octanol–water partition coefficient (Wildman–Crippen LogP) is 6.00. The van der Waals surface area contributed by atoms with Crippen LogP contribution >= 0.6 is 11.3 Å². The van der Waals surface area contributed by atoms with Crippen molar-refractivity contribution >= 4 is 29.0 Å². The minimum Gasteiger partial charge on any atom is -0.497 e. The maximum Gasteiger partial charge on any atom is 0.322 e. The Kier molecular flexibility index (Phi) is 12.1. The Morgan fingerprint density at radius 1 is 0.829 bits per heavy atom. The smallest absolute Gasteiger partial charge is 0.322 e. The van der Waals surface area contributed by atoms with Crippen LogP contribution in [-0.4, -0.2) is 69.8 Å². The number of rotatable bonds is 15. The summed E-state index contributed by atoms with van der Waals surface area (Å²) in [6.45, 7) is 5.48. The first kappa shape index (κ1) is 31.6. The fraction of sp³-hybridized carbons (Fsp3) is 0.419. The van der Waals surface area contributed by atoms with Crippen LogP contribution < -0.4 is 24.3 Å². The second-order valence-electron chi connectivity index (χ2n) is 9.54. The lowest BCUT2D eigenvalue weighted by Gasteiger charge is -2.28. The van der Waals surface area contributed by atoms with E-state index in [0.717, 1.165) is 23.3 Å². The van der Waals surface area contributed by atoms with Gasteiger partial charge in [-0.25, -0.2) is 4.79 Å². The van der Waals surface area contributed by atoms with Crippen LogP contribution in [0.1, 0.15) is 35.1 Å². The first-order chi connectivity index (χ1) is 19.8. The molecule has 1 N–H and O–H groups in total. The summed E-state index contributed by atoms with van der Waals surface area (Å²) in [7, 11) is 6.31. The molecule has 0 aliphatic rings. The molecule has 3 aromatic rings. The molecule has 9 nitrogen and oxygen atoms in total. The van der Waals surface area contributed by atoms with E-state index in [9.17, 15) is 9.59 Å². The number of urea groups is 1. The third-order valence-electron chi connectivity index (χ3n) is 6.66. The Bertz CT molecular complexity index is 1290. The molecule has 0 aliphatic carbocycles. The highest BCUT2D eigenvalue weighted by Gasteiger charge is 2.23. The number of anilines is 1. The van der Waals surface area contributed by atoms with Gasteiger partial charge in [0.2, 0.25) is 5.91 Å². The van der Waals surface area contributed by atoms with Crippen LogP contribution in [0.15, 0.2) is 48.5 Å². The lowest BCUT2D eigenvalue weighted by molar-refractivity contribution is -0.132. The fourth-order valence-electron chi connectivity index (χ4n) is 4.31. The van der Waals surface area contributed by atoms with E-state index in [4.69, 9.17) is 18.9 Å². The third kappa shape index (κ3) is 9.04. The summed E-state index contributed by atoms with van der Waals surface area (Å²) in [6, 6.07) is 14.7. The van der Waals surface area contributed by atoms with E-state index in [-0.39, 0.29) is 18.5 Å². The van der Waals surface area contributed by atoms with Gasteiger partial charge in [-0.15, -0.1) is 11.3 Å². The maximum absolute atomic E-state index is 13.8. The van der Waals surface area contributed by atoms with Crippen molar-refractivity contribution in [1.29, 1.82) is 0 Å². The summed E-state index contributed by atoms with van der Waals surface area (Å²) in [6.07, 6.45) is 2.29. The number of nitrogens with zero attached hydrogens (tertiary/aromatic N) is 2. The molecule has 0 atom stereocenters. The van der Waals surface area contributed by atoms with Crippen molar-refractivity contribution in [3.63, 3.8) is 0 Å². The van der Waals surface area contributed by atoms with Crippen molar-refractivity contribution in [3.8, 4) is 23.0 Å². The first-order valence-electron chi connectivity index (χ1n) is 13.6. The molecule has 10 heteroatoms. The second kappa shape index (κ2) is 15.8. The minimum atomic E-state index is -0.359. The number of unbranched alkanes of at least 4 members (excludes halogenated alkanes) is 1. The zero-order chi connectivity index (χ0) is 29.8. The number of nitrogens with one attached hydrogen (secondary N) is 1. The van der Waals surface area contributed by atoms with Crippen molar-refractivity contribution in [2.24, 2.45) is 0 Å². The summed E-state index contributed by atoms with van der Waals surface area (Å²) in [5.41, 5.74) is 1.53. The van der Waals surface area contributed by atoms with Gasteiger partial charge in [0, 0.05) is 28.9 Å². The van der Waals surface area contributed by atoms with Crippen molar-refractivity contribution in [1.82, 2.24) is 9.80 Å². The Morgan fingerprint density at radius 3 is 2.22 bits per heavy atom. The fourth-order valence-corrected chi connectivity index (χ4v) is 5.22. The van der Waals surface area contributed by atoms with E-state index in [2.05, 4.69) is 18.3 Å². The van der Waals surface area contributed by atoms with E-state index < -0.39 is 0 Å². The van der Waals surface area contributed by atoms with Gasteiger partial charge in [-0.3, -0.25) is 4.79 Å². The number of methoxy groups -OCH3 is 4. The van der Waals surface area contributed by atoms with Crippen molar-refractivity contribution < 1.29 is 28.5 Å². The SMILES string of the molecule is CCCCN(CC(=O)N(CCc1ccc(OC)c(OC)c1)Cc1ccc(C)s1)C(=O)Nc1ccc(OC)cc1OC. The molecule has 1 heterocycles. The molecule has 0 radical (unpaired) electrons. The molecule has 0 bridgehead atoms. The number of thiophene rings is 1. The topological polar surface area (TPSA) is 89.6 Å². The molecule has 2 aromatic carbocycles. The number of carbonyl (C=O) groups is 2. The predicted molar refractivity (Wildman–Crippen MR) is 163 cm³/mol. The lowest BCUT2D eigenvalue weighted by atomic mass is 10.1. The number of ether oxygens (including phenoxy) is 4. The van der Waals surface area contributed by atoms with Gasteiger partial charge in [-0.2, -0.15) is 0 Å². The largest absolute Gasteiger partial charge is 0.497 e. The van der Waals surface area contributed by atoms with E-state index in [0.29, 0.717) is 54.7 Å². The molecule has 222 valence electrons. The summed E-state index contributed by atoms with van der Waals surface area (Å²) < 4.78 is 21.5. The highest BCUT2D eigenvalue weighted by molar-refractivity contribution is 7.11. The highest BCUT2D eigenvalue weighted by atomic mass is 32.1. The normalized spacial score (nSPS) is 10.6. The number of hydrogen-bond acceptors (Lipinski definition) is 7. The summed E-state index contributed by atoms with van der Waals surface area (Å²) >= 11 is 1.67. The van der Waals surface area contributed by atoms with Gasteiger partial charge in [-0.1, -0.05) is 19.4 Å². The van der Waals surface area contributed by atoms with Gasteiger partial charge in [0.05, 0.1) is 40.7 Å². The highest BCUT2D eigenvalue weighted by Crippen LogP contribution is 2.30. The van der Waals surface area contributed by atoms with Gasteiger partial charge < -0.3 is 34.1 Å². The standard InChI is InChI=1S/C31H41N3O6S/c1-7-8-16-34(31(36)32-26-13-11-24(37-3)19-28(26)39-5)21-30(35)33(20-25-12-9-22(2)41-25)17-15-23-10-14-27(38-4)29(18-23)40-6/h9-14,18-19H,7-8,15-17,20-21H2,1-6H3,(H,32,36). The maximum atomic E-state index is 13.8.